The number of likely N-dealkylation sites (N-methyl/N-ethyl adjacent to an activating group) is 1. The van der Waals surface area contributed by atoms with E-state index in [4.69, 9.17) is 4.42 Å². The van der Waals surface area contributed by atoms with Crippen molar-refractivity contribution in [3.63, 3.8) is 0 Å². The van der Waals surface area contributed by atoms with E-state index in [2.05, 4.69) is 29.0 Å². The average Bonchev–Trinajstić information content (AvgIpc) is 2.86. The fraction of sp³-hybridized carbons (Fsp3) is 0.800. The Balaban J connectivity index is 1.85. The Morgan fingerprint density at radius 1 is 1.58 bits per heavy atom. The molecule has 1 aromatic heterocycles. The molecule has 4 nitrogen and oxygen atoms in total. The van der Waals surface area contributed by atoms with E-state index in [-0.39, 0.29) is 0 Å². The minimum absolute atomic E-state index is 0.436. The van der Waals surface area contributed by atoms with Gasteiger partial charge >= 0.3 is 0 Å². The summed E-state index contributed by atoms with van der Waals surface area (Å²) in [5.74, 6) is 2.63. The summed E-state index contributed by atoms with van der Waals surface area (Å²) in [5, 5.41) is 3.22. The highest BCUT2D eigenvalue weighted by Crippen LogP contribution is 2.20. The van der Waals surface area contributed by atoms with Crippen LogP contribution in [0, 0.1) is 5.92 Å². The minimum Gasteiger partial charge on any atom is -0.446 e. The van der Waals surface area contributed by atoms with E-state index in [1.165, 1.54) is 25.9 Å². The molecule has 0 spiro atoms. The molecule has 1 aliphatic heterocycles. The van der Waals surface area contributed by atoms with Crippen molar-refractivity contribution >= 4 is 0 Å². The van der Waals surface area contributed by atoms with Gasteiger partial charge in [-0.25, -0.2) is 4.98 Å². The van der Waals surface area contributed by atoms with Gasteiger partial charge in [-0.3, -0.25) is 0 Å². The Labute approximate surface area is 116 Å². The third-order valence-electron chi connectivity index (χ3n) is 4.12. The first-order valence-electron chi connectivity index (χ1n) is 7.54. The Morgan fingerprint density at radius 3 is 3.16 bits per heavy atom. The van der Waals surface area contributed by atoms with E-state index in [9.17, 15) is 0 Å². The van der Waals surface area contributed by atoms with Gasteiger partial charge in [-0.2, -0.15) is 0 Å². The molecule has 1 aromatic rings. The van der Waals surface area contributed by atoms with Crippen molar-refractivity contribution in [3.05, 3.63) is 17.8 Å². The molecule has 1 aliphatic rings. The molecule has 0 aromatic carbocycles. The maximum atomic E-state index is 5.86. The summed E-state index contributed by atoms with van der Waals surface area (Å²) in [4.78, 5) is 6.96. The van der Waals surface area contributed by atoms with Crippen LogP contribution >= 0.6 is 0 Å². The first-order chi connectivity index (χ1) is 9.21. The van der Waals surface area contributed by atoms with E-state index in [1.807, 2.05) is 13.2 Å². The molecule has 0 saturated carbocycles. The predicted molar refractivity (Wildman–Crippen MR) is 77.3 cm³/mol. The molecule has 2 atom stereocenters. The number of hydrogen-bond acceptors (Lipinski definition) is 4. The predicted octanol–water partition coefficient (Wildman–Crippen LogP) is 2.10. The van der Waals surface area contributed by atoms with Crippen LogP contribution in [0.15, 0.2) is 10.6 Å². The van der Waals surface area contributed by atoms with E-state index in [1.54, 1.807) is 0 Å². The van der Waals surface area contributed by atoms with Crippen molar-refractivity contribution in [1.82, 2.24) is 15.2 Å². The largest absolute Gasteiger partial charge is 0.446 e. The molecule has 0 bridgehead atoms. The Hall–Kier alpha value is -0.870. The van der Waals surface area contributed by atoms with Gasteiger partial charge in [-0.05, 0) is 45.8 Å². The Morgan fingerprint density at radius 2 is 2.42 bits per heavy atom. The van der Waals surface area contributed by atoms with E-state index < -0.39 is 0 Å². The molecule has 19 heavy (non-hydrogen) atoms. The molecule has 108 valence electrons. The second-order valence-electron chi connectivity index (χ2n) is 5.72. The molecule has 4 heteroatoms. The van der Waals surface area contributed by atoms with E-state index >= 15 is 0 Å². The molecule has 1 saturated heterocycles. The van der Waals surface area contributed by atoms with Crippen LogP contribution < -0.4 is 5.32 Å². The van der Waals surface area contributed by atoms with Gasteiger partial charge in [0, 0.05) is 25.4 Å². The topological polar surface area (TPSA) is 41.3 Å². The Bertz CT molecular complexity index is 377. The molecular formula is C15H27N3O. The highest BCUT2D eigenvalue weighted by atomic mass is 16.4. The van der Waals surface area contributed by atoms with Gasteiger partial charge in [0.25, 0.3) is 0 Å². The lowest BCUT2D eigenvalue weighted by Crippen LogP contribution is -2.35. The number of nitrogens with one attached hydrogen (secondary N) is 1. The van der Waals surface area contributed by atoms with Crippen LogP contribution in [0.25, 0.3) is 0 Å². The summed E-state index contributed by atoms with van der Waals surface area (Å²) in [6, 6.07) is 0.436. The number of aromatic nitrogens is 1. The molecule has 0 aliphatic carbocycles. The number of piperidine rings is 1. The SMILES string of the molecule is CCN1CCCC(Cc2ncc(CC(C)NC)o2)C1. The second-order valence-corrected chi connectivity index (χ2v) is 5.72. The average molecular weight is 265 g/mol. The summed E-state index contributed by atoms with van der Waals surface area (Å²) >= 11 is 0. The molecule has 1 N–H and O–H groups in total. The summed E-state index contributed by atoms with van der Waals surface area (Å²) in [6.45, 7) is 8.00. The molecular weight excluding hydrogens is 238 g/mol. The van der Waals surface area contributed by atoms with Crippen LogP contribution in [0.5, 0.6) is 0 Å². The van der Waals surface area contributed by atoms with Crippen LogP contribution in [0.3, 0.4) is 0 Å². The minimum atomic E-state index is 0.436. The van der Waals surface area contributed by atoms with Crippen LogP contribution in [0.1, 0.15) is 38.3 Å². The zero-order valence-corrected chi connectivity index (χ0v) is 12.5. The van der Waals surface area contributed by atoms with Crippen molar-refractivity contribution < 1.29 is 4.42 Å². The van der Waals surface area contributed by atoms with Crippen molar-refractivity contribution in [2.45, 2.75) is 45.6 Å². The van der Waals surface area contributed by atoms with Crippen LogP contribution in [0.4, 0.5) is 0 Å². The third-order valence-corrected chi connectivity index (χ3v) is 4.12. The zero-order valence-electron chi connectivity index (χ0n) is 12.5. The zero-order chi connectivity index (χ0) is 13.7. The molecule has 2 heterocycles. The van der Waals surface area contributed by atoms with Crippen molar-refractivity contribution in [2.75, 3.05) is 26.7 Å². The fourth-order valence-corrected chi connectivity index (χ4v) is 2.79. The van der Waals surface area contributed by atoms with Gasteiger partial charge in [0.2, 0.25) is 0 Å². The molecule has 2 rings (SSSR count). The quantitative estimate of drug-likeness (QED) is 0.855. The van der Waals surface area contributed by atoms with Crippen molar-refractivity contribution in [2.24, 2.45) is 5.92 Å². The summed E-state index contributed by atoms with van der Waals surface area (Å²) in [6.07, 6.45) is 6.41. The monoisotopic (exact) mass is 265 g/mol. The van der Waals surface area contributed by atoms with Crippen LogP contribution in [-0.4, -0.2) is 42.6 Å². The molecule has 2 unspecified atom stereocenters. The number of rotatable bonds is 6. The van der Waals surface area contributed by atoms with Gasteiger partial charge < -0.3 is 14.6 Å². The standard InChI is InChI=1S/C15H27N3O/c1-4-18-7-5-6-13(11-18)9-15-17-10-14(19-15)8-12(2)16-3/h10,12-13,16H,4-9,11H2,1-3H3. The van der Waals surface area contributed by atoms with E-state index in [0.717, 1.165) is 31.0 Å². The summed E-state index contributed by atoms with van der Waals surface area (Å²) in [7, 11) is 1.98. The van der Waals surface area contributed by atoms with Gasteiger partial charge in [-0.15, -0.1) is 0 Å². The first-order valence-corrected chi connectivity index (χ1v) is 7.54. The van der Waals surface area contributed by atoms with Crippen molar-refractivity contribution in [1.29, 1.82) is 0 Å². The van der Waals surface area contributed by atoms with Crippen molar-refractivity contribution in [3.8, 4) is 0 Å². The summed E-state index contributed by atoms with van der Waals surface area (Å²) in [5.41, 5.74) is 0. The van der Waals surface area contributed by atoms with Crippen LogP contribution in [-0.2, 0) is 12.8 Å². The normalized spacial score (nSPS) is 22.6. The van der Waals surface area contributed by atoms with Gasteiger partial charge in [-0.1, -0.05) is 6.92 Å². The van der Waals surface area contributed by atoms with Gasteiger partial charge in [0.15, 0.2) is 5.89 Å². The maximum Gasteiger partial charge on any atom is 0.194 e. The first kappa shape index (κ1) is 14.5. The number of oxazole rings is 1. The fourth-order valence-electron chi connectivity index (χ4n) is 2.79. The highest BCUT2D eigenvalue weighted by Gasteiger charge is 2.21. The highest BCUT2D eigenvalue weighted by molar-refractivity contribution is 4.97. The molecule has 0 amide bonds. The molecule has 0 radical (unpaired) electrons. The number of nitrogens with zero attached hydrogens (tertiary/aromatic N) is 2. The van der Waals surface area contributed by atoms with Crippen LogP contribution in [0.2, 0.25) is 0 Å². The van der Waals surface area contributed by atoms with E-state index in [0.29, 0.717) is 12.0 Å². The second kappa shape index (κ2) is 7.06. The third kappa shape index (κ3) is 4.32. The summed E-state index contributed by atoms with van der Waals surface area (Å²) < 4.78 is 5.86. The maximum absolute atomic E-state index is 5.86. The Kier molecular flexibility index (Phi) is 5.40. The number of likely N-dealkylation sites (tertiary alicyclic amines) is 1. The van der Waals surface area contributed by atoms with Gasteiger partial charge in [0.1, 0.15) is 5.76 Å². The smallest absolute Gasteiger partial charge is 0.194 e. The number of hydrogen-bond donors (Lipinski definition) is 1. The lowest BCUT2D eigenvalue weighted by atomic mass is 9.95. The molecule has 1 fully saturated rings. The lowest BCUT2D eigenvalue weighted by Gasteiger charge is -2.31. The van der Waals surface area contributed by atoms with Gasteiger partial charge in [0.05, 0.1) is 6.20 Å². The lowest BCUT2D eigenvalue weighted by molar-refractivity contribution is 0.176.